The molecule has 1 atom stereocenters. The van der Waals surface area contributed by atoms with Gasteiger partial charge in [-0.3, -0.25) is 0 Å². The van der Waals surface area contributed by atoms with Crippen LogP contribution in [0.1, 0.15) is 36.7 Å². The molecule has 1 fully saturated rings. The second kappa shape index (κ2) is 5.64. The van der Waals surface area contributed by atoms with Gasteiger partial charge in [-0.25, -0.2) is 9.97 Å². The van der Waals surface area contributed by atoms with Crippen molar-refractivity contribution >= 4 is 12.4 Å². The summed E-state index contributed by atoms with van der Waals surface area (Å²) in [5.74, 6) is 0.452. The van der Waals surface area contributed by atoms with Crippen LogP contribution < -0.4 is 5.32 Å². The molecule has 0 aromatic carbocycles. The summed E-state index contributed by atoms with van der Waals surface area (Å²) < 4.78 is 36.8. The van der Waals surface area contributed by atoms with E-state index in [0.717, 1.165) is 38.2 Å². The number of alkyl halides is 3. The number of halogens is 4. The van der Waals surface area contributed by atoms with Crippen molar-refractivity contribution in [2.24, 2.45) is 0 Å². The summed E-state index contributed by atoms with van der Waals surface area (Å²) in [5.41, 5.74) is -0.799. The van der Waals surface area contributed by atoms with E-state index >= 15 is 0 Å². The van der Waals surface area contributed by atoms with Crippen molar-refractivity contribution in [1.29, 1.82) is 0 Å². The lowest BCUT2D eigenvalue weighted by molar-refractivity contribution is -0.138. The maximum Gasteiger partial charge on any atom is 0.419 e. The minimum absolute atomic E-state index is 0. The number of aromatic nitrogens is 2. The first kappa shape index (κ1) is 14.2. The smallest absolute Gasteiger partial charge is 0.307 e. The first-order chi connectivity index (χ1) is 7.57. The largest absolute Gasteiger partial charge is 0.419 e. The molecule has 1 aliphatic heterocycles. The molecular weight excluding hydrogens is 255 g/mol. The Kier molecular flexibility index (Phi) is 4.70. The van der Waals surface area contributed by atoms with Crippen LogP contribution in [0.15, 0.2) is 12.4 Å². The molecule has 0 amide bonds. The molecule has 1 aliphatic rings. The van der Waals surface area contributed by atoms with Crippen molar-refractivity contribution < 1.29 is 13.2 Å². The summed E-state index contributed by atoms with van der Waals surface area (Å²) in [6.07, 6.45) is 0.361. The molecule has 17 heavy (non-hydrogen) atoms. The highest BCUT2D eigenvalue weighted by atomic mass is 35.5. The van der Waals surface area contributed by atoms with Gasteiger partial charge >= 0.3 is 6.18 Å². The number of rotatable bonds is 1. The van der Waals surface area contributed by atoms with Gasteiger partial charge in [0.2, 0.25) is 0 Å². The Morgan fingerprint density at radius 2 is 1.82 bits per heavy atom. The van der Waals surface area contributed by atoms with E-state index in [2.05, 4.69) is 15.3 Å². The summed E-state index contributed by atoms with van der Waals surface area (Å²) in [5, 5.41) is 3.19. The lowest BCUT2D eigenvalue weighted by Crippen LogP contribution is -2.28. The highest BCUT2D eigenvalue weighted by Crippen LogP contribution is 2.28. The van der Waals surface area contributed by atoms with Gasteiger partial charge in [0.1, 0.15) is 5.82 Å². The van der Waals surface area contributed by atoms with E-state index in [9.17, 15) is 13.2 Å². The normalized spacial score (nSPS) is 20.8. The third kappa shape index (κ3) is 3.54. The van der Waals surface area contributed by atoms with E-state index in [0.29, 0.717) is 5.82 Å². The molecule has 0 radical (unpaired) electrons. The first-order valence-corrected chi connectivity index (χ1v) is 5.20. The Bertz CT molecular complexity index is 347. The second-order valence-corrected chi connectivity index (χ2v) is 3.83. The summed E-state index contributed by atoms with van der Waals surface area (Å²) in [6, 6.07) is -0.00367. The molecule has 96 valence electrons. The molecule has 7 heteroatoms. The van der Waals surface area contributed by atoms with Crippen LogP contribution in [-0.2, 0) is 6.18 Å². The molecule has 1 N–H and O–H groups in total. The monoisotopic (exact) mass is 267 g/mol. The molecule has 1 unspecified atom stereocenters. The topological polar surface area (TPSA) is 37.8 Å². The van der Waals surface area contributed by atoms with Crippen molar-refractivity contribution in [1.82, 2.24) is 15.3 Å². The van der Waals surface area contributed by atoms with Crippen LogP contribution in [0.3, 0.4) is 0 Å². The summed E-state index contributed by atoms with van der Waals surface area (Å²) in [7, 11) is 0. The number of piperidine rings is 1. The predicted molar refractivity (Wildman–Crippen MR) is 58.9 cm³/mol. The van der Waals surface area contributed by atoms with Crippen LogP contribution in [0.25, 0.3) is 0 Å². The van der Waals surface area contributed by atoms with Crippen molar-refractivity contribution in [3.05, 3.63) is 23.8 Å². The minimum atomic E-state index is -4.36. The van der Waals surface area contributed by atoms with Crippen LogP contribution in [-0.4, -0.2) is 16.5 Å². The predicted octanol–water partition coefficient (Wildman–Crippen LogP) is 2.73. The van der Waals surface area contributed by atoms with Crippen molar-refractivity contribution in [3.8, 4) is 0 Å². The van der Waals surface area contributed by atoms with Crippen molar-refractivity contribution in [2.75, 3.05) is 6.54 Å². The average Bonchev–Trinajstić information content (AvgIpc) is 2.29. The Labute approximate surface area is 103 Å². The van der Waals surface area contributed by atoms with Crippen molar-refractivity contribution in [2.45, 2.75) is 31.5 Å². The lowest BCUT2D eigenvalue weighted by atomic mass is 10.0. The van der Waals surface area contributed by atoms with E-state index in [-0.39, 0.29) is 18.4 Å². The minimum Gasteiger partial charge on any atom is -0.307 e. The standard InChI is InChI=1S/C10H12F3N3.ClH/c11-10(12,13)7-5-15-9(16-6-7)8-3-1-2-4-14-8;/h5-6,8,14H,1-4H2;1H. The fraction of sp³-hybridized carbons (Fsp3) is 0.600. The van der Waals surface area contributed by atoms with Crippen LogP contribution >= 0.6 is 12.4 Å². The molecule has 0 bridgehead atoms. The molecule has 0 saturated carbocycles. The zero-order valence-corrected chi connectivity index (χ0v) is 9.81. The average molecular weight is 268 g/mol. The Morgan fingerprint density at radius 3 is 2.29 bits per heavy atom. The van der Waals surface area contributed by atoms with E-state index in [4.69, 9.17) is 0 Å². The zero-order chi connectivity index (χ0) is 11.6. The van der Waals surface area contributed by atoms with Gasteiger partial charge in [0.05, 0.1) is 11.6 Å². The molecular formula is C10H13ClF3N3. The van der Waals surface area contributed by atoms with Gasteiger partial charge in [0, 0.05) is 12.4 Å². The second-order valence-electron chi connectivity index (χ2n) is 3.83. The molecule has 2 heterocycles. The fourth-order valence-electron chi connectivity index (χ4n) is 1.74. The van der Waals surface area contributed by atoms with Crippen molar-refractivity contribution in [3.63, 3.8) is 0 Å². The molecule has 0 aliphatic carbocycles. The number of nitrogens with zero attached hydrogens (tertiary/aromatic N) is 2. The van der Waals surface area contributed by atoms with Crippen LogP contribution in [0.4, 0.5) is 13.2 Å². The number of hydrogen-bond donors (Lipinski definition) is 1. The van der Waals surface area contributed by atoms with E-state index < -0.39 is 11.7 Å². The van der Waals surface area contributed by atoms with Crippen LogP contribution in [0, 0.1) is 0 Å². The molecule has 3 nitrogen and oxygen atoms in total. The first-order valence-electron chi connectivity index (χ1n) is 5.20. The van der Waals surface area contributed by atoms with Gasteiger partial charge in [-0.05, 0) is 19.4 Å². The fourth-order valence-corrected chi connectivity index (χ4v) is 1.74. The maximum absolute atomic E-state index is 12.3. The SMILES string of the molecule is Cl.FC(F)(F)c1cnc(C2CCCCN2)nc1. The van der Waals surface area contributed by atoms with Gasteiger partial charge < -0.3 is 5.32 Å². The lowest BCUT2D eigenvalue weighted by Gasteiger charge is -2.22. The quantitative estimate of drug-likeness (QED) is 0.850. The zero-order valence-electron chi connectivity index (χ0n) is 9.00. The Hall–Kier alpha value is -0.880. The van der Waals surface area contributed by atoms with Gasteiger partial charge in [-0.15, -0.1) is 12.4 Å². The third-order valence-corrected chi connectivity index (χ3v) is 2.62. The van der Waals surface area contributed by atoms with Gasteiger partial charge in [0.15, 0.2) is 0 Å². The molecule has 1 aromatic heterocycles. The van der Waals surface area contributed by atoms with E-state index in [1.165, 1.54) is 0 Å². The molecule has 0 spiro atoms. The third-order valence-electron chi connectivity index (χ3n) is 2.62. The Morgan fingerprint density at radius 1 is 1.18 bits per heavy atom. The molecule has 2 rings (SSSR count). The van der Waals surface area contributed by atoms with Gasteiger partial charge in [0.25, 0.3) is 0 Å². The maximum atomic E-state index is 12.3. The summed E-state index contributed by atoms with van der Waals surface area (Å²) in [6.45, 7) is 0.870. The van der Waals surface area contributed by atoms with E-state index in [1.807, 2.05) is 0 Å². The summed E-state index contributed by atoms with van der Waals surface area (Å²) in [4.78, 5) is 7.55. The van der Waals surface area contributed by atoms with E-state index in [1.54, 1.807) is 0 Å². The highest BCUT2D eigenvalue weighted by Gasteiger charge is 2.31. The number of hydrogen-bond acceptors (Lipinski definition) is 3. The summed E-state index contributed by atoms with van der Waals surface area (Å²) >= 11 is 0. The number of nitrogens with one attached hydrogen (secondary N) is 1. The van der Waals surface area contributed by atoms with Crippen LogP contribution in [0.2, 0.25) is 0 Å². The van der Waals surface area contributed by atoms with Crippen LogP contribution in [0.5, 0.6) is 0 Å². The molecule has 1 aromatic rings. The van der Waals surface area contributed by atoms with Gasteiger partial charge in [-0.2, -0.15) is 13.2 Å². The highest BCUT2D eigenvalue weighted by molar-refractivity contribution is 5.85. The van der Waals surface area contributed by atoms with Gasteiger partial charge in [-0.1, -0.05) is 6.42 Å². The molecule has 1 saturated heterocycles. The Balaban J connectivity index is 0.00000144.